The molecule has 5 nitrogen and oxygen atoms in total. The first-order valence-electron chi connectivity index (χ1n) is 8.64. The van der Waals surface area contributed by atoms with Crippen LogP contribution in [0.25, 0.3) is 16.6 Å². The summed E-state index contributed by atoms with van der Waals surface area (Å²) in [7, 11) is 0. The van der Waals surface area contributed by atoms with Crippen molar-refractivity contribution in [1.29, 1.82) is 0 Å². The fraction of sp³-hybridized carbons (Fsp3) is 0.0952. The number of hydrogen-bond acceptors (Lipinski definition) is 4. The summed E-state index contributed by atoms with van der Waals surface area (Å²) < 4.78 is 15.1. The zero-order chi connectivity index (χ0) is 18.8. The molecule has 0 saturated heterocycles. The van der Waals surface area contributed by atoms with E-state index in [0.717, 1.165) is 17.7 Å². The molecule has 0 aliphatic rings. The molecule has 2 aromatic heterocycles. The van der Waals surface area contributed by atoms with Gasteiger partial charge in [-0.2, -0.15) is 0 Å². The van der Waals surface area contributed by atoms with Crippen LogP contribution in [0.2, 0.25) is 0 Å². The lowest BCUT2D eigenvalue weighted by Crippen LogP contribution is -2.23. The molecular weight excluding hydrogens is 343 g/mol. The highest BCUT2D eigenvalue weighted by atomic mass is 19.1. The van der Waals surface area contributed by atoms with Gasteiger partial charge in [-0.25, -0.2) is 13.9 Å². The Morgan fingerprint density at radius 2 is 1.89 bits per heavy atom. The Hall–Kier alpha value is -3.54. The molecule has 0 atom stereocenters. The van der Waals surface area contributed by atoms with Crippen molar-refractivity contribution < 1.29 is 4.39 Å². The molecule has 6 heteroatoms. The van der Waals surface area contributed by atoms with Gasteiger partial charge >= 0.3 is 0 Å². The topological polar surface area (TPSA) is 59.8 Å². The van der Waals surface area contributed by atoms with E-state index in [9.17, 15) is 9.18 Å². The number of benzene rings is 2. The summed E-state index contributed by atoms with van der Waals surface area (Å²) in [5, 5.41) is 3.40. The Labute approximate surface area is 155 Å². The molecule has 0 spiro atoms. The smallest absolute Gasteiger partial charge is 0.267 e. The Bertz CT molecular complexity index is 1170. The fourth-order valence-corrected chi connectivity index (χ4v) is 2.92. The Kier molecular flexibility index (Phi) is 4.38. The maximum Gasteiger partial charge on any atom is 0.267 e. The van der Waals surface area contributed by atoms with Gasteiger partial charge in [-0.1, -0.05) is 25.1 Å². The fourth-order valence-electron chi connectivity index (χ4n) is 2.92. The summed E-state index contributed by atoms with van der Waals surface area (Å²) in [4.78, 5) is 22.0. The first-order chi connectivity index (χ1) is 13.2. The van der Waals surface area contributed by atoms with Crippen LogP contribution in [0, 0.1) is 5.82 Å². The molecule has 0 amide bonds. The predicted octanol–water partition coefficient (Wildman–Crippen LogP) is 4.23. The number of aryl methyl sites for hydroxylation is 1. The number of rotatable bonds is 4. The normalized spacial score (nSPS) is 10.9. The van der Waals surface area contributed by atoms with E-state index < -0.39 is 5.82 Å². The van der Waals surface area contributed by atoms with Crippen LogP contribution < -0.4 is 10.9 Å². The molecule has 0 saturated carbocycles. The third kappa shape index (κ3) is 3.29. The maximum absolute atomic E-state index is 13.7. The molecule has 0 aliphatic heterocycles. The zero-order valence-electron chi connectivity index (χ0n) is 14.7. The molecule has 0 bridgehead atoms. The first kappa shape index (κ1) is 16.9. The van der Waals surface area contributed by atoms with Gasteiger partial charge in [0.1, 0.15) is 5.82 Å². The van der Waals surface area contributed by atoms with Gasteiger partial charge < -0.3 is 5.32 Å². The minimum atomic E-state index is -0.475. The van der Waals surface area contributed by atoms with Crippen molar-refractivity contribution >= 4 is 22.5 Å². The van der Waals surface area contributed by atoms with Crippen molar-refractivity contribution in [2.24, 2.45) is 0 Å². The zero-order valence-corrected chi connectivity index (χ0v) is 14.7. The molecule has 134 valence electrons. The van der Waals surface area contributed by atoms with Gasteiger partial charge in [-0.05, 0) is 48.4 Å². The van der Waals surface area contributed by atoms with Gasteiger partial charge in [0.25, 0.3) is 5.56 Å². The van der Waals surface area contributed by atoms with E-state index >= 15 is 0 Å². The molecule has 0 unspecified atom stereocenters. The van der Waals surface area contributed by atoms with Crippen molar-refractivity contribution in [1.82, 2.24) is 14.5 Å². The van der Waals surface area contributed by atoms with Gasteiger partial charge in [0.15, 0.2) is 0 Å². The number of aromatic nitrogens is 3. The quantitative estimate of drug-likeness (QED) is 0.592. The van der Waals surface area contributed by atoms with Crippen LogP contribution in [0.5, 0.6) is 0 Å². The molecule has 1 N–H and O–H groups in total. The minimum absolute atomic E-state index is 0.218. The van der Waals surface area contributed by atoms with E-state index in [-0.39, 0.29) is 10.9 Å². The Morgan fingerprint density at radius 3 is 2.67 bits per heavy atom. The highest BCUT2D eigenvalue weighted by Gasteiger charge is 2.14. The summed E-state index contributed by atoms with van der Waals surface area (Å²) in [5.74, 6) is -0.127. The number of hydrogen-bond donors (Lipinski definition) is 1. The predicted molar refractivity (Wildman–Crippen MR) is 104 cm³/mol. The summed E-state index contributed by atoms with van der Waals surface area (Å²) in [6.07, 6.45) is 4.14. The summed E-state index contributed by atoms with van der Waals surface area (Å²) in [6.45, 7) is 2.01. The molecule has 2 aromatic carbocycles. The number of fused-ring (bicyclic) bond motifs is 1. The summed E-state index contributed by atoms with van der Waals surface area (Å²) >= 11 is 0. The van der Waals surface area contributed by atoms with E-state index in [1.165, 1.54) is 22.8 Å². The monoisotopic (exact) mass is 360 g/mol. The third-order valence-corrected chi connectivity index (χ3v) is 4.31. The molecule has 27 heavy (non-hydrogen) atoms. The molecule has 0 fully saturated rings. The van der Waals surface area contributed by atoms with Crippen molar-refractivity contribution in [3.63, 3.8) is 0 Å². The summed E-state index contributed by atoms with van der Waals surface area (Å²) in [5.41, 5.74) is 2.43. The van der Waals surface area contributed by atoms with Crippen LogP contribution in [0.4, 0.5) is 16.0 Å². The van der Waals surface area contributed by atoms with E-state index in [2.05, 4.69) is 15.3 Å². The Morgan fingerprint density at radius 1 is 1.07 bits per heavy atom. The average molecular weight is 360 g/mol. The van der Waals surface area contributed by atoms with Gasteiger partial charge in [0.05, 0.1) is 22.8 Å². The van der Waals surface area contributed by atoms with Crippen LogP contribution in [0.15, 0.2) is 71.8 Å². The summed E-state index contributed by atoms with van der Waals surface area (Å²) in [6, 6.07) is 15.3. The van der Waals surface area contributed by atoms with Crippen LogP contribution in [0.1, 0.15) is 12.5 Å². The Balaban J connectivity index is 1.99. The SMILES string of the molecule is CCc1cncc(-n2c(Nc3ccccc3)nc3ccc(F)cc3c2=O)c1. The number of halogens is 1. The number of anilines is 2. The minimum Gasteiger partial charge on any atom is -0.325 e. The second-order valence-electron chi connectivity index (χ2n) is 6.13. The van der Waals surface area contributed by atoms with Gasteiger partial charge in [-0.3, -0.25) is 9.78 Å². The maximum atomic E-state index is 13.7. The van der Waals surface area contributed by atoms with Gasteiger partial charge in [-0.15, -0.1) is 0 Å². The van der Waals surface area contributed by atoms with E-state index in [0.29, 0.717) is 17.2 Å². The van der Waals surface area contributed by atoms with Crippen molar-refractivity contribution in [3.8, 4) is 5.69 Å². The highest BCUT2D eigenvalue weighted by Crippen LogP contribution is 2.21. The second kappa shape index (κ2) is 6.99. The molecule has 0 aliphatic carbocycles. The van der Waals surface area contributed by atoms with Crippen LogP contribution >= 0.6 is 0 Å². The molecular formula is C21H17FN4O. The molecule has 0 radical (unpaired) electrons. The number of nitrogens with one attached hydrogen (secondary N) is 1. The first-order valence-corrected chi connectivity index (χ1v) is 8.64. The van der Waals surface area contributed by atoms with Crippen molar-refractivity contribution in [2.45, 2.75) is 13.3 Å². The largest absolute Gasteiger partial charge is 0.325 e. The number of pyridine rings is 1. The number of nitrogens with zero attached hydrogens (tertiary/aromatic N) is 3. The van der Waals surface area contributed by atoms with E-state index in [4.69, 9.17) is 0 Å². The molecule has 4 rings (SSSR count). The van der Waals surface area contributed by atoms with E-state index in [1.54, 1.807) is 12.4 Å². The average Bonchev–Trinajstić information content (AvgIpc) is 2.70. The molecule has 2 heterocycles. The van der Waals surface area contributed by atoms with Gasteiger partial charge in [0.2, 0.25) is 5.95 Å². The van der Waals surface area contributed by atoms with Crippen LogP contribution in [-0.4, -0.2) is 14.5 Å². The lowest BCUT2D eigenvalue weighted by atomic mass is 10.2. The lowest BCUT2D eigenvalue weighted by Gasteiger charge is -2.15. The lowest BCUT2D eigenvalue weighted by molar-refractivity contribution is 0.629. The van der Waals surface area contributed by atoms with Crippen LogP contribution in [0.3, 0.4) is 0 Å². The standard InChI is InChI=1S/C21H17FN4O/c1-2-14-10-17(13-23-12-14)26-20(27)18-11-15(22)8-9-19(18)25-21(26)24-16-6-4-3-5-7-16/h3-13H,2H2,1H3,(H,24,25). The molecule has 4 aromatic rings. The number of para-hydroxylation sites is 1. The van der Waals surface area contributed by atoms with Gasteiger partial charge in [0, 0.05) is 11.9 Å². The van der Waals surface area contributed by atoms with Crippen molar-refractivity contribution in [2.75, 3.05) is 5.32 Å². The van der Waals surface area contributed by atoms with E-state index in [1.807, 2.05) is 43.3 Å². The second-order valence-corrected chi connectivity index (χ2v) is 6.13. The highest BCUT2D eigenvalue weighted by molar-refractivity contribution is 5.80. The third-order valence-electron chi connectivity index (χ3n) is 4.31. The van der Waals surface area contributed by atoms with Crippen molar-refractivity contribution in [3.05, 3.63) is 88.7 Å². The van der Waals surface area contributed by atoms with Crippen LogP contribution in [-0.2, 0) is 6.42 Å².